The van der Waals surface area contributed by atoms with Crippen molar-refractivity contribution in [1.29, 1.82) is 0 Å². The lowest BCUT2D eigenvalue weighted by atomic mass is 9.41. The smallest absolute Gasteiger partial charge is 0.302 e. The zero-order valence-corrected chi connectivity index (χ0v) is 18.7. The number of esters is 2. The van der Waals surface area contributed by atoms with Crippen molar-refractivity contribution in [3.63, 3.8) is 0 Å². The lowest BCUT2D eigenvalue weighted by molar-refractivity contribution is -0.228. The summed E-state index contributed by atoms with van der Waals surface area (Å²) >= 11 is 0. The predicted molar refractivity (Wildman–Crippen MR) is 109 cm³/mol. The maximum atomic E-state index is 11.8. The second-order valence-electron chi connectivity index (χ2n) is 11.2. The number of hydrogen-bond acceptors (Lipinski definition) is 5. The van der Waals surface area contributed by atoms with Gasteiger partial charge in [-0.3, -0.25) is 9.59 Å². The van der Waals surface area contributed by atoms with Gasteiger partial charge in [-0.05, 0) is 87.4 Å². The molecule has 4 aliphatic rings. The van der Waals surface area contributed by atoms with Gasteiger partial charge in [0.2, 0.25) is 0 Å². The van der Waals surface area contributed by atoms with Crippen LogP contribution in [0.5, 0.6) is 0 Å². The van der Waals surface area contributed by atoms with Crippen LogP contribution in [-0.2, 0) is 19.1 Å². The highest BCUT2D eigenvalue weighted by Crippen LogP contribution is 2.69. The quantitative estimate of drug-likeness (QED) is 0.694. The SMILES string of the molecule is CC(=O)O[C@@H]1CC[C@@]2(C)[C@@H](CC[C@@H]3[C@@H]4CC[C@@H](OC(C)=O)[C@]4(C)C[C@](C)(O)[C@@H]32)C1. The fourth-order valence-electron chi connectivity index (χ4n) is 8.69. The minimum atomic E-state index is -0.777. The van der Waals surface area contributed by atoms with Crippen molar-refractivity contribution in [2.75, 3.05) is 0 Å². The summed E-state index contributed by atoms with van der Waals surface area (Å²) in [6.07, 6.45) is 7.71. The molecule has 0 aromatic heterocycles. The third-order valence-electron chi connectivity index (χ3n) is 9.36. The normalized spacial score (nSPS) is 51.4. The van der Waals surface area contributed by atoms with E-state index in [2.05, 4.69) is 13.8 Å². The largest absolute Gasteiger partial charge is 0.463 e. The van der Waals surface area contributed by atoms with Crippen molar-refractivity contribution in [3.05, 3.63) is 0 Å². The van der Waals surface area contributed by atoms with Crippen molar-refractivity contribution >= 4 is 11.9 Å². The molecule has 4 saturated carbocycles. The third kappa shape index (κ3) is 3.32. The van der Waals surface area contributed by atoms with Gasteiger partial charge in [-0.15, -0.1) is 0 Å². The van der Waals surface area contributed by atoms with E-state index < -0.39 is 5.60 Å². The average Bonchev–Trinajstić information content (AvgIpc) is 2.88. The maximum absolute atomic E-state index is 11.8. The maximum Gasteiger partial charge on any atom is 0.302 e. The Hall–Kier alpha value is -1.10. The van der Waals surface area contributed by atoms with Gasteiger partial charge >= 0.3 is 11.9 Å². The lowest BCUT2D eigenvalue weighted by Gasteiger charge is -2.65. The topological polar surface area (TPSA) is 72.8 Å². The second-order valence-corrected chi connectivity index (χ2v) is 11.2. The Morgan fingerprint density at radius 1 is 0.897 bits per heavy atom. The van der Waals surface area contributed by atoms with Crippen LogP contribution in [0.15, 0.2) is 0 Å². The van der Waals surface area contributed by atoms with E-state index in [1.54, 1.807) is 0 Å². The summed E-state index contributed by atoms with van der Waals surface area (Å²) in [5.74, 6) is 1.31. The Morgan fingerprint density at radius 2 is 1.59 bits per heavy atom. The molecule has 0 amide bonds. The standard InChI is InChI=1S/C24H38O5/c1-14(25)28-17-10-11-22(3)16(12-17)6-7-18-19-8-9-20(29-15(2)26)23(19,4)13-24(5,27)21(18)22/h16-21,27H,6-13H2,1-5H3/t16-,17+,18+,19-,20+,21-,22-,23+,24-/m0/s1. The summed E-state index contributed by atoms with van der Waals surface area (Å²) in [5.41, 5.74) is -0.848. The molecule has 0 bridgehead atoms. The van der Waals surface area contributed by atoms with Crippen LogP contribution in [0, 0.1) is 34.5 Å². The van der Waals surface area contributed by atoms with E-state index in [4.69, 9.17) is 9.47 Å². The number of aliphatic hydroxyl groups is 1. The Bertz CT molecular complexity index is 687. The first kappa shape index (κ1) is 21.1. The molecule has 9 atom stereocenters. The van der Waals surface area contributed by atoms with Gasteiger partial charge in [-0.2, -0.15) is 0 Å². The Labute approximate surface area is 174 Å². The number of rotatable bonds is 2. The van der Waals surface area contributed by atoms with Gasteiger partial charge in [-0.1, -0.05) is 13.8 Å². The first-order valence-electron chi connectivity index (χ1n) is 11.5. The summed E-state index contributed by atoms with van der Waals surface area (Å²) in [7, 11) is 0. The molecule has 0 aromatic carbocycles. The second kappa shape index (κ2) is 6.96. The van der Waals surface area contributed by atoms with Crippen LogP contribution >= 0.6 is 0 Å². The molecule has 0 radical (unpaired) electrons. The monoisotopic (exact) mass is 406 g/mol. The summed E-state index contributed by atoms with van der Waals surface area (Å²) in [6.45, 7) is 9.65. The molecule has 0 saturated heterocycles. The van der Waals surface area contributed by atoms with Gasteiger partial charge in [-0.25, -0.2) is 0 Å². The summed E-state index contributed by atoms with van der Waals surface area (Å²) in [6, 6.07) is 0. The zero-order chi connectivity index (χ0) is 21.2. The number of hydrogen-bond donors (Lipinski definition) is 1. The molecule has 164 valence electrons. The number of ether oxygens (including phenoxy) is 2. The average molecular weight is 407 g/mol. The zero-order valence-electron chi connectivity index (χ0n) is 18.7. The molecular weight excluding hydrogens is 368 g/mol. The molecular formula is C24H38O5. The lowest BCUT2D eigenvalue weighted by Crippen LogP contribution is -2.64. The van der Waals surface area contributed by atoms with Gasteiger partial charge < -0.3 is 14.6 Å². The van der Waals surface area contributed by atoms with Crippen molar-refractivity contribution < 1.29 is 24.2 Å². The highest BCUT2D eigenvalue weighted by Gasteiger charge is 2.67. The van der Waals surface area contributed by atoms with E-state index in [0.29, 0.717) is 24.2 Å². The molecule has 4 rings (SSSR count). The van der Waals surface area contributed by atoms with Crippen molar-refractivity contribution in [2.24, 2.45) is 34.5 Å². The van der Waals surface area contributed by atoms with Crippen LogP contribution in [0.1, 0.15) is 86.0 Å². The fraction of sp³-hybridized carbons (Fsp3) is 0.917. The molecule has 0 spiro atoms. The summed E-state index contributed by atoms with van der Waals surface area (Å²) in [5, 5.41) is 11.8. The predicted octanol–water partition coefficient (Wildman–Crippen LogP) is 4.25. The molecule has 0 aliphatic heterocycles. The minimum Gasteiger partial charge on any atom is -0.463 e. The van der Waals surface area contributed by atoms with E-state index in [1.165, 1.54) is 13.8 Å². The number of carbonyl (C=O) groups is 2. The minimum absolute atomic E-state index is 0.0285. The van der Waals surface area contributed by atoms with Crippen molar-refractivity contribution in [3.8, 4) is 0 Å². The van der Waals surface area contributed by atoms with Crippen LogP contribution in [0.2, 0.25) is 0 Å². The van der Waals surface area contributed by atoms with Crippen LogP contribution < -0.4 is 0 Å². The van der Waals surface area contributed by atoms with Gasteiger partial charge in [0.05, 0.1) is 5.60 Å². The van der Waals surface area contributed by atoms with E-state index >= 15 is 0 Å². The molecule has 4 fully saturated rings. The molecule has 5 nitrogen and oxygen atoms in total. The molecule has 29 heavy (non-hydrogen) atoms. The van der Waals surface area contributed by atoms with Crippen LogP contribution in [0.3, 0.4) is 0 Å². The molecule has 0 heterocycles. The van der Waals surface area contributed by atoms with Gasteiger partial charge in [0.15, 0.2) is 0 Å². The molecule has 4 aliphatic carbocycles. The molecule has 0 aromatic rings. The highest BCUT2D eigenvalue weighted by atomic mass is 16.5. The highest BCUT2D eigenvalue weighted by molar-refractivity contribution is 5.66. The van der Waals surface area contributed by atoms with Crippen molar-refractivity contribution in [2.45, 2.75) is 104 Å². The van der Waals surface area contributed by atoms with E-state index in [9.17, 15) is 14.7 Å². The van der Waals surface area contributed by atoms with Crippen LogP contribution in [-0.4, -0.2) is 34.9 Å². The third-order valence-corrected chi connectivity index (χ3v) is 9.36. The van der Waals surface area contributed by atoms with Crippen molar-refractivity contribution in [1.82, 2.24) is 0 Å². The first-order valence-corrected chi connectivity index (χ1v) is 11.5. The van der Waals surface area contributed by atoms with E-state index in [0.717, 1.165) is 44.9 Å². The van der Waals surface area contributed by atoms with E-state index in [1.807, 2.05) is 6.92 Å². The molecule has 5 heteroatoms. The van der Waals surface area contributed by atoms with E-state index in [-0.39, 0.29) is 40.9 Å². The Morgan fingerprint density at radius 3 is 2.24 bits per heavy atom. The number of carbonyl (C=O) groups excluding carboxylic acids is 2. The first-order chi connectivity index (χ1) is 13.5. The Kier molecular flexibility index (Phi) is 5.08. The summed E-state index contributed by atoms with van der Waals surface area (Å²) in [4.78, 5) is 23.1. The Balaban J connectivity index is 1.61. The van der Waals surface area contributed by atoms with Crippen LogP contribution in [0.25, 0.3) is 0 Å². The van der Waals surface area contributed by atoms with Crippen LogP contribution in [0.4, 0.5) is 0 Å². The fourth-order valence-corrected chi connectivity index (χ4v) is 8.69. The molecule has 1 N–H and O–H groups in total. The van der Waals surface area contributed by atoms with Gasteiger partial charge in [0.1, 0.15) is 12.2 Å². The van der Waals surface area contributed by atoms with Gasteiger partial charge in [0, 0.05) is 19.3 Å². The number of fused-ring (bicyclic) bond motifs is 5. The molecule has 0 unspecified atom stereocenters. The van der Waals surface area contributed by atoms with Gasteiger partial charge in [0.25, 0.3) is 0 Å². The summed E-state index contributed by atoms with van der Waals surface area (Å²) < 4.78 is 11.3.